The van der Waals surface area contributed by atoms with Gasteiger partial charge in [0, 0.05) is 12.3 Å². The van der Waals surface area contributed by atoms with E-state index in [1.807, 2.05) is 6.07 Å². The first-order valence-electron chi connectivity index (χ1n) is 10.8. The molecule has 0 aliphatic carbocycles. The quantitative estimate of drug-likeness (QED) is 0.257. The molecule has 1 saturated heterocycles. The fourth-order valence-corrected chi connectivity index (χ4v) is 4.63. The predicted octanol–water partition coefficient (Wildman–Crippen LogP) is 6.42. The number of benzene rings is 1. The molecule has 0 amide bonds. The molecular weight excluding hydrogens is 362 g/mol. The number of hydroxylamine groups is 2. The van der Waals surface area contributed by atoms with Crippen LogP contribution in [0, 0.1) is 5.92 Å². The lowest BCUT2D eigenvalue weighted by Crippen LogP contribution is -2.72. The van der Waals surface area contributed by atoms with E-state index in [-0.39, 0.29) is 23.1 Å². The van der Waals surface area contributed by atoms with E-state index in [0.717, 1.165) is 12.8 Å². The third-order valence-electron chi connectivity index (χ3n) is 6.91. The molecule has 29 heavy (non-hydrogen) atoms. The second-order valence-corrected chi connectivity index (χ2v) is 8.61. The second kappa shape index (κ2) is 9.46. The average molecular weight is 402 g/mol. The van der Waals surface area contributed by atoms with Crippen molar-refractivity contribution in [2.75, 3.05) is 6.61 Å². The molecule has 1 fully saturated rings. The Bertz CT molecular complexity index is 678. The highest BCUT2D eigenvalue weighted by Crippen LogP contribution is 2.53. The van der Waals surface area contributed by atoms with E-state index in [1.165, 1.54) is 11.8 Å². The molecule has 0 radical (unpaired) electrons. The summed E-state index contributed by atoms with van der Waals surface area (Å²) < 4.78 is 12.4. The van der Waals surface area contributed by atoms with Crippen molar-refractivity contribution in [3.63, 3.8) is 0 Å². The third-order valence-corrected chi connectivity index (χ3v) is 6.91. The molecule has 1 aliphatic rings. The lowest BCUT2D eigenvalue weighted by molar-refractivity contribution is -0.387. The zero-order chi connectivity index (χ0) is 21.7. The van der Waals surface area contributed by atoms with Crippen molar-refractivity contribution in [3.05, 3.63) is 61.4 Å². The maximum Gasteiger partial charge on any atom is 0.216 e. The van der Waals surface area contributed by atoms with E-state index in [1.54, 1.807) is 6.08 Å². The van der Waals surface area contributed by atoms with Crippen molar-refractivity contribution in [2.45, 2.75) is 83.8 Å². The normalized spacial score (nSPS) is 33.8. The Hall–Kier alpha value is -1.62. The van der Waals surface area contributed by atoms with Gasteiger partial charge in [-0.15, -0.1) is 6.58 Å². The van der Waals surface area contributed by atoms with Gasteiger partial charge in [-0.3, -0.25) is 4.84 Å². The Labute approximate surface area is 177 Å². The molecule has 1 aliphatic heterocycles. The molecule has 5 atom stereocenters. The van der Waals surface area contributed by atoms with Crippen LogP contribution in [0.15, 0.2) is 55.8 Å². The fraction of sp³-hybridized carbons (Fsp3) is 0.600. The summed E-state index contributed by atoms with van der Waals surface area (Å²) in [7, 11) is 0. The van der Waals surface area contributed by atoms with Crippen molar-refractivity contribution in [1.82, 2.24) is 5.06 Å². The van der Waals surface area contributed by atoms with E-state index >= 15 is 0 Å². The molecule has 2 rings (SSSR count). The van der Waals surface area contributed by atoms with Gasteiger partial charge in [0.2, 0.25) is 5.79 Å². The zero-order valence-corrected chi connectivity index (χ0v) is 19.1. The molecule has 1 aromatic rings. The molecular formula is C25H39NO3. The monoisotopic (exact) mass is 401 g/mol. The Morgan fingerprint density at radius 1 is 1.17 bits per heavy atom. The van der Waals surface area contributed by atoms with E-state index in [0.29, 0.717) is 13.0 Å². The highest BCUT2D eigenvalue weighted by atomic mass is 16.7. The first-order chi connectivity index (χ1) is 13.7. The van der Waals surface area contributed by atoms with Crippen molar-refractivity contribution >= 4 is 0 Å². The standard InChI is InChI=1S/C25H39NO3/c1-9-18-28-25(27-12-4)19-23(7,10-2)26(24(8,11-3)21(25)6)29-20(5)22-16-14-13-15-17-22/h9,12-17,20-21H,1,4,10-11,18-19H2,2-3,5-8H3. The van der Waals surface area contributed by atoms with E-state index in [2.05, 4.69) is 84.0 Å². The van der Waals surface area contributed by atoms with Crippen LogP contribution in [-0.4, -0.2) is 28.5 Å². The predicted molar refractivity (Wildman–Crippen MR) is 119 cm³/mol. The largest absolute Gasteiger partial charge is 0.470 e. The van der Waals surface area contributed by atoms with Gasteiger partial charge in [0.25, 0.3) is 0 Å². The zero-order valence-electron chi connectivity index (χ0n) is 19.1. The maximum absolute atomic E-state index is 6.71. The Kier molecular flexibility index (Phi) is 7.72. The summed E-state index contributed by atoms with van der Waals surface area (Å²) in [5, 5.41) is 2.24. The van der Waals surface area contributed by atoms with Crippen LogP contribution in [0.1, 0.15) is 72.5 Å². The number of nitrogens with zero attached hydrogens (tertiary/aromatic N) is 1. The number of piperidine rings is 1. The molecule has 162 valence electrons. The second-order valence-electron chi connectivity index (χ2n) is 8.61. The molecule has 4 nitrogen and oxygen atoms in total. The van der Waals surface area contributed by atoms with Gasteiger partial charge in [-0.05, 0) is 39.2 Å². The van der Waals surface area contributed by atoms with Crippen LogP contribution in [0.25, 0.3) is 0 Å². The van der Waals surface area contributed by atoms with Gasteiger partial charge in [0.15, 0.2) is 0 Å². The molecule has 0 aromatic heterocycles. The van der Waals surface area contributed by atoms with Crippen LogP contribution in [-0.2, 0) is 14.3 Å². The first-order valence-corrected chi connectivity index (χ1v) is 10.8. The van der Waals surface area contributed by atoms with E-state index < -0.39 is 5.79 Å². The maximum atomic E-state index is 6.71. The molecule has 5 unspecified atom stereocenters. The molecule has 0 N–H and O–H groups in total. The lowest BCUT2D eigenvalue weighted by atomic mass is 9.67. The SMILES string of the molecule is C=CCOC1(OC=C)CC(C)(CC)N(OC(C)c2ccccc2)C(C)(CC)C1C. The van der Waals surface area contributed by atoms with Gasteiger partial charge in [-0.1, -0.05) is 63.8 Å². The van der Waals surface area contributed by atoms with Crippen LogP contribution < -0.4 is 0 Å². The highest BCUT2D eigenvalue weighted by Gasteiger charge is 2.62. The summed E-state index contributed by atoms with van der Waals surface area (Å²) in [6.45, 7) is 21.3. The summed E-state index contributed by atoms with van der Waals surface area (Å²) in [4.78, 5) is 6.71. The van der Waals surface area contributed by atoms with Crippen LogP contribution in [0.3, 0.4) is 0 Å². The van der Waals surface area contributed by atoms with Crippen LogP contribution in [0.5, 0.6) is 0 Å². The topological polar surface area (TPSA) is 30.9 Å². The minimum atomic E-state index is -0.776. The Morgan fingerprint density at radius 3 is 2.34 bits per heavy atom. The molecule has 0 spiro atoms. The molecule has 0 saturated carbocycles. The van der Waals surface area contributed by atoms with Crippen LogP contribution in [0.2, 0.25) is 0 Å². The molecule has 0 bridgehead atoms. The number of rotatable bonds is 10. The average Bonchev–Trinajstić information content (AvgIpc) is 2.74. The van der Waals surface area contributed by atoms with Gasteiger partial charge in [-0.25, -0.2) is 0 Å². The number of hydrogen-bond donors (Lipinski definition) is 0. The minimum absolute atomic E-state index is 0.0422. The Balaban J connectivity index is 2.48. The number of hydrogen-bond acceptors (Lipinski definition) is 4. The van der Waals surface area contributed by atoms with Gasteiger partial charge >= 0.3 is 0 Å². The molecule has 1 aromatic carbocycles. The van der Waals surface area contributed by atoms with E-state index in [9.17, 15) is 0 Å². The van der Waals surface area contributed by atoms with Gasteiger partial charge in [0.05, 0.1) is 23.9 Å². The van der Waals surface area contributed by atoms with Crippen molar-refractivity contribution in [3.8, 4) is 0 Å². The highest BCUT2D eigenvalue weighted by molar-refractivity contribution is 5.17. The fourth-order valence-electron chi connectivity index (χ4n) is 4.63. The van der Waals surface area contributed by atoms with Crippen LogP contribution >= 0.6 is 0 Å². The summed E-state index contributed by atoms with van der Waals surface area (Å²) >= 11 is 0. The van der Waals surface area contributed by atoms with Gasteiger partial charge in [0.1, 0.15) is 6.10 Å². The van der Waals surface area contributed by atoms with Crippen LogP contribution in [0.4, 0.5) is 0 Å². The molecule has 4 heteroatoms. The van der Waals surface area contributed by atoms with Crippen molar-refractivity contribution in [2.24, 2.45) is 5.92 Å². The third kappa shape index (κ3) is 4.45. The first kappa shape index (κ1) is 23.7. The molecule has 1 heterocycles. The summed E-state index contributed by atoms with van der Waals surface area (Å²) in [5.74, 6) is -0.734. The number of ether oxygens (including phenoxy) is 2. The van der Waals surface area contributed by atoms with E-state index in [4.69, 9.17) is 14.3 Å². The van der Waals surface area contributed by atoms with Gasteiger partial charge in [-0.2, -0.15) is 5.06 Å². The lowest BCUT2D eigenvalue weighted by Gasteiger charge is -2.62. The smallest absolute Gasteiger partial charge is 0.216 e. The summed E-state index contributed by atoms with van der Waals surface area (Å²) in [6.07, 6.45) is 5.70. The van der Waals surface area contributed by atoms with Crippen molar-refractivity contribution < 1.29 is 14.3 Å². The minimum Gasteiger partial charge on any atom is -0.470 e. The summed E-state index contributed by atoms with van der Waals surface area (Å²) in [6, 6.07) is 10.4. The summed E-state index contributed by atoms with van der Waals surface area (Å²) in [5.41, 5.74) is 0.597. The van der Waals surface area contributed by atoms with Crippen molar-refractivity contribution in [1.29, 1.82) is 0 Å². The Morgan fingerprint density at radius 2 is 1.83 bits per heavy atom. The van der Waals surface area contributed by atoms with Gasteiger partial charge < -0.3 is 9.47 Å².